The minimum atomic E-state index is -0.758. The molecule has 2 aromatic heterocycles. The van der Waals surface area contributed by atoms with Crippen molar-refractivity contribution in [2.75, 3.05) is 6.54 Å². The van der Waals surface area contributed by atoms with Crippen LogP contribution in [0.5, 0.6) is 0 Å². The van der Waals surface area contributed by atoms with Crippen molar-refractivity contribution in [2.45, 2.75) is 25.2 Å². The highest BCUT2D eigenvalue weighted by Gasteiger charge is 2.39. The van der Waals surface area contributed by atoms with Crippen LogP contribution in [-0.4, -0.2) is 22.0 Å². The highest BCUT2D eigenvalue weighted by atomic mass is 16.2. The number of rotatable bonds is 2. The minimum absolute atomic E-state index is 0.0674. The first-order valence-corrected chi connectivity index (χ1v) is 8.57. The molecular formula is C20H21N3O2. The van der Waals surface area contributed by atoms with Crippen molar-refractivity contribution in [3.8, 4) is 11.3 Å². The van der Waals surface area contributed by atoms with Gasteiger partial charge in [0.1, 0.15) is 0 Å². The van der Waals surface area contributed by atoms with Crippen LogP contribution in [0.4, 0.5) is 0 Å². The van der Waals surface area contributed by atoms with Gasteiger partial charge in [0.15, 0.2) is 0 Å². The fraction of sp³-hybridized carbons (Fsp3) is 0.300. The molecule has 1 aliphatic heterocycles. The summed E-state index contributed by atoms with van der Waals surface area (Å²) in [6, 6.07) is 11.9. The SMILES string of the molecule is Cn1ccc2ccc(-c3ccc(C4(C)CCCNC4=O)c(=O)[nH]3)cc21. The maximum absolute atomic E-state index is 12.7. The van der Waals surface area contributed by atoms with Crippen LogP contribution in [-0.2, 0) is 17.3 Å². The van der Waals surface area contributed by atoms with Crippen LogP contribution in [0.1, 0.15) is 25.3 Å². The molecule has 2 N–H and O–H groups in total. The van der Waals surface area contributed by atoms with Gasteiger partial charge in [-0.25, -0.2) is 0 Å². The second-order valence-electron chi connectivity index (χ2n) is 7.01. The Labute approximate surface area is 145 Å². The molecule has 0 spiro atoms. The number of benzene rings is 1. The van der Waals surface area contributed by atoms with Crippen molar-refractivity contribution in [2.24, 2.45) is 7.05 Å². The number of fused-ring (bicyclic) bond motifs is 1. The normalized spacial score (nSPS) is 20.6. The van der Waals surface area contributed by atoms with Crippen molar-refractivity contribution >= 4 is 16.8 Å². The van der Waals surface area contributed by atoms with Gasteiger partial charge in [0.2, 0.25) is 5.91 Å². The molecule has 25 heavy (non-hydrogen) atoms. The average molecular weight is 335 g/mol. The maximum atomic E-state index is 12.7. The fourth-order valence-corrected chi connectivity index (χ4v) is 3.72. The maximum Gasteiger partial charge on any atom is 0.252 e. The van der Waals surface area contributed by atoms with E-state index in [1.807, 2.05) is 38.4 Å². The number of hydrogen-bond acceptors (Lipinski definition) is 2. The minimum Gasteiger partial charge on any atom is -0.355 e. The zero-order valence-electron chi connectivity index (χ0n) is 14.4. The summed E-state index contributed by atoms with van der Waals surface area (Å²) in [5, 5.41) is 4.04. The molecule has 5 heteroatoms. The number of carbonyl (C=O) groups excluding carboxylic acids is 1. The molecule has 3 aromatic rings. The van der Waals surface area contributed by atoms with Crippen LogP contribution in [0.15, 0.2) is 47.4 Å². The lowest BCUT2D eigenvalue weighted by Gasteiger charge is -2.32. The Morgan fingerprint density at radius 1 is 1.12 bits per heavy atom. The molecule has 1 saturated heterocycles. The van der Waals surface area contributed by atoms with Crippen molar-refractivity contribution in [3.05, 3.63) is 58.5 Å². The topological polar surface area (TPSA) is 66.9 Å². The highest BCUT2D eigenvalue weighted by Crippen LogP contribution is 2.30. The fourth-order valence-electron chi connectivity index (χ4n) is 3.72. The number of aromatic amines is 1. The number of pyridine rings is 1. The van der Waals surface area contributed by atoms with Gasteiger partial charge in [0.25, 0.3) is 5.56 Å². The summed E-state index contributed by atoms with van der Waals surface area (Å²) in [4.78, 5) is 28.0. The number of aromatic nitrogens is 2. The van der Waals surface area contributed by atoms with E-state index >= 15 is 0 Å². The molecule has 0 aliphatic carbocycles. The molecule has 1 aromatic carbocycles. The first kappa shape index (κ1) is 15.7. The van der Waals surface area contributed by atoms with Crippen LogP contribution >= 0.6 is 0 Å². The lowest BCUT2D eigenvalue weighted by Crippen LogP contribution is -2.49. The van der Waals surface area contributed by atoms with Crippen LogP contribution in [0, 0.1) is 0 Å². The van der Waals surface area contributed by atoms with E-state index < -0.39 is 5.41 Å². The Morgan fingerprint density at radius 3 is 2.72 bits per heavy atom. The third-order valence-corrected chi connectivity index (χ3v) is 5.34. The zero-order valence-corrected chi connectivity index (χ0v) is 14.4. The molecule has 1 amide bonds. The third-order valence-electron chi connectivity index (χ3n) is 5.34. The molecule has 1 unspecified atom stereocenters. The van der Waals surface area contributed by atoms with E-state index in [2.05, 4.69) is 27.0 Å². The predicted octanol–water partition coefficient (Wildman–Crippen LogP) is 2.70. The number of nitrogens with one attached hydrogen (secondary N) is 2. The number of H-pyrrole nitrogens is 1. The van der Waals surface area contributed by atoms with Gasteiger partial charge in [0, 0.05) is 42.1 Å². The molecule has 5 nitrogen and oxygen atoms in total. The van der Waals surface area contributed by atoms with Gasteiger partial charge in [-0.1, -0.05) is 18.2 Å². The molecule has 0 saturated carbocycles. The number of hydrogen-bond donors (Lipinski definition) is 2. The lowest BCUT2D eigenvalue weighted by atomic mass is 9.76. The average Bonchev–Trinajstić information content (AvgIpc) is 2.98. The second kappa shape index (κ2) is 5.62. The van der Waals surface area contributed by atoms with Crippen molar-refractivity contribution < 1.29 is 4.79 Å². The molecule has 1 aliphatic rings. The number of aryl methyl sites for hydroxylation is 1. The summed E-state index contributed by atoms with van der Waals surface area (Å²) in [5.41, 5.74) is 2.42. The second-order valence-corrected chi connectivity index (χ2v) is 7.01. The van der Waals surface area contributed by atoms with Crippen LogP contribution in [0.25, 0.3) is 22.2 Å². The van der Waals surface area contributed by atoms with Crippen LogP contribution in [0.2, 0.25) is 0 Å². The van der Waals surface area contributed by atoms with Crippen molar-refractivity contribution in [3.63, 3.8) is 0 Å². The van der Waals surface area contributed by atoms with E-state index in [0.29, 0.717) is 18.5 Å². The summed E-state index contributed by atoms with van der Waals surface area (Å²) in [7, 11) is 2.00. The Balaban J connectivity index is 1.77. The van der Waals surface area contributed by atoms with Gasteiger partial charge >= 0.3 is 0 Å². The Bertz CT molecular complexity index is 1030. The van der Waals surface area contributed by atoms with Gasteiger partial charge in [0.05, 0.1) is 5.41 Å². The molecule has 128 valence electrons. The van der Waals surface area contributed by atoms with E-state index in [9.17, 15) is 9.59 Å². The Morgan fingerprint density at radius 2 is 1.96 bits per heavy atom. The first-order valence-electron chi connectivity index (χ1n) is 8.57. The lowest BCUT2D eigenvalue weighted by molar-refractivity contribution is -0.128. The van der Waals surface area contributed by atoms with E-state index in [1.165, 1.54) is 0 Å². The van der Waals surface area contributed by atoms with Gasteiger partial charge in [-0.3, -0.25) is 9.59 Å². The van der Waals surface area contributed by atoms with E-state index in [-0.39, 0.29) is 11.5 Å². The molecule has 3 heterocycles. The molecule has 1 fully saturated rings. The third kappa shape index (κ3) is 2.47. The van der Waals surface area contributed by atoms with Crippen LogP contribution in [0.3, 0.4) is 0 Å². The molecule has 4 rings (SSSR count). The first-order chi connectivity index (χ1) is 12.0. The number of carbonyl (C=O) groups is 1. The summed E-state index contributed by atoms with van der Waals surface area (Å²) in [6.07, 6.45) is 3.59. The van der Waals surface area contributed by atoms with Gasteiger partial charge in [-0.15, -0.1) is 0 Å². The molecular weight excluding hydrogens is 314 g/mol. The van der Waals surface area contributed by atoms with Crippen molar-refractivity contribution in [1.29, 1.82) is 0 Å². The van der Waals surface area contributed by atoms with E-state index in [1.54, 1.807) is 6.07 Å². The van der Waals surface area contributed by atoms with E-state index in [0.717, 1.165) is 28.6 Å². The Kier molecular flexibility index (Phi) is 3.53. The standard InChI is InChI=1S/C20H21N3O2/c1-20(9-3-10-21-19(20)25)15-6-7-16(22-18(15)24)14-5-4-13-8-11-23(2)17(13)12-14/h4-8,11-12H,3,9-10H2,1-2H3,(H,21,25)(H,22,24). The number of piperidine rings is 1. The molecule has 0 radical (unpaired) electrons. The van der Waals surface area contributed by atoms with Crippen LogP contribution < -0.4 is 10.9 Å². The monoisotopic (exact) mass is 335 g/mol. The largest absolute Gasteiger partial charge is 0.355 e. The van der Waals surface area contributed by atoms with Gasteiger partial charge < -0.3 is 14.9 Å². The van der Waals surface area contributed by atoms with E-state index in [4.69, 9.17) is 0 Å². The van der Waals surface area contributed by atoms with Crippen molar-refractivity contribution in [1.82, 2.24) is 14.9 Å². The number of amides is 1. The highest BCUT2D eigenvalue weighted by molar-refractivity contribution is 5.88. The summed E-state index contributed by atoms with van der Waals surface area (Å²) in [5.74, 6) is -0.0674. The molecule has 1 atom stereocenters. The molecule has 0 bridgehead atoms. The predicted molar refractivity (Wildman–Crippen MR) is 98.6 cm³/mol. The number of nitrogens with zero attached hydrogens (tertiary/aromatic N) is 1. The summed E-state index contributed by atoms with van der Waals surface area (Å²) >= 11 is 0. The van der Waals surface area contributed by atoms with Gasteiger partial charge in [-0.05, 0) is 43.4 Å². The zero-order chi connectivity index (χ0) is 17.6. The smallest absolute Gasteiger partial charge is 0.252 e. The Hall–Kier alpha value is -2.82. The van der Waals surface area contributed by atoms with Gasteiger partial charge in [-0.2, -0.15) is 0 Å². The summed E-state index contributed by atoms with van der Waals surface area (Å²) < 4.78 is 2.05. The summed E-state index contributed by atoms with van der Waals surface area (Å²) in [6.45, 7) is 2.53. The quantitative estimate of drug-likeness (QED) is 0.756.